The molecule has 1 aromatic carbocycles. The van der Waals surface area contributed by atoms with Crippen LogP contribution in [-0.2, 0) is 6.54 Å². The average molecular weight is 249 g/mol. The summed E-state index contributed by atoms with van der Waals surface area (Å²) in [4.78, 5) is 15.9. The van der Waals surface area contributed by atoms with Gasteiger partial charge in [0.25, 0.3) is 0 Å². The Bertz CT molecular complexity index is 571. The number of hydrogen-bond donors (Lipinski definition) is 2. The average Bonchev–Trinajstić information content (AvgIpc) is 2.66. The largest absolute Gasteiger partial charge is 0.417 e. The molecule has 0 aliphatic heterocycles. The van der Waals surface area contributed by atoms with Gasteiger partial charge in [0, 0.05) is 12.6 Å². The van der Waals surface area contributed by atoms with Crippen LogP contribution in [0.1, 0.15) is 18.9 Å². The van der Waals surface area contributed by atoms with E-state index in [-0.39, 0.29) is 6.04 Å². The second-order valence-corrected chi connectivity index (χ2v) is 4.85. The number of rotatable bonds is 5. The topological polar surface area (TPSA) is 75.3 Å². The summed E-state index contributed by atoms with van der Waals surface area (Å²) in [6.07, 6.45) is 0.973. The molecule has 3 N–H and O–H groups in total. The predicted molar refractivity (Wildman–Crippen MR) is 71.4 cm³/mol. The third kappa shape index (κ3) is 3.21. The second kappa shape index (κ2) is 5.37. The van der Waals surface area contributed by atoms with Crippen LogP contribution in [0, 0.1) is 0 Å². The Balaban J connectivity index is 2.04. The smallest absolute Gasteiger partial charge is 0.408 e. The number of nitrogens with one attached hydrogen (secondary N) is 1. The van der Waals surface area contributed by atoms with Gasteiger partial charge in [-0.3, -0.25) is 4.98 Å². The molecule has 0 bridgehead atoms. The number of aromatic nitrogens is 1. The number of hydrogen-bond acceptors (Lipinski definition) is 4. The lowest BCUT2D eigenvalue weighted by molar-refractivity contribution is 0.313. The van der Waals surface area contributed by atoms with Crippen LogP contribution in [-0.4, -0.2) is 29.5 Å². The van der Waals surface area contributed by atoms with Crippen molar-refractivity contribution in [2.45, 2.75) is 25.9 Å². The van der Waals surface area contributed by atoms with Crippen molar-refractivity contribution in [1.82, 2.24) is 9.88 Å². The van der Waals surface area contributed by atoms with Gasteiger partial charge in [-0.1, -0.05) is 6.07 Å². The van der Waals surface area contributed by atoms with Gasteiger partial charge in [0.15, 0.2) is 5.58 Å². The molecule has 5 heteroatoms. The van der Waals surface area contributed by atoms with Gasteiger partial charge in [0.2, 0.25) is 0 Å². The lowest BCUT2D eigenvalue weighted by atomic mass is 10.2. The fraction of sp³-hybridized carbons (Fsp3) is 0.462. The molecule has 2 aromatic rings. The first kappa shape index (κ1) is 12.9. The van der Waals surface area contributed by atoms with E-state index < -0.39 is 5.76 Å². The second-order valence-electron chi connectivity index (χ2n) is 4.85. The summed E-state index contributed by atoms with van der Waals surface area (Å²) in [5.74, 6) is -0.410. The molecule has 0 spiro atoms. The third-order valence-corrected chi connectivity index (χ3v) is 2.90. The zero-order valence-electron chi connectivity index (χ0n) is 10.8. The lowest BCUT2D eigenvalue weighted by Gasteiger charge is -2.17. The molecule has 2 rings (SSSR count). The summed E-state index contributed by atoms with van der Waals surface area (Å²) in [5, 5.41) is 0. The Morgan fingerprint density at radius 1 is 1.50 bits per heavy atom. The van der Waals surface area contributed by atoms with Gasteiger partial charge in [0.1, 0.15) is 0 Å². The van der Waals surface area contributed by atoms with Crippen LogP contribution in [0.4, 0.5) is 0 Å². The Labute approximate surface area is 106 Å². The van der Waals surface area contributed by atoms with Crippen LogP contribution in [0.2, 0.25) is 0 Å². The van der Waals surface area contributed by atoms with Gasteiger partial charge in [-0.2, -0.15) is 0 Å². The summed E-state index contributed by atoms with van der Waals surface area (Å²) in [6.45, 7) is 3.80. The van der Waals surface area contributed by atoms with E-state index in [0.717, 1.165) is 30.6 Å². The van der Waals surface area contributed by atoms with Crippen LogP contribution in [0.15, 0.2) is 27.4 Å². The first-order valence-electron chi connectivity index (χ1n) is 6.10. The number of benzene rings is 1. The summed E-state index contributed by atoms with van der Waals surface area (Å²) >= 11 is 0. The minimum atomic E-state index is -0.410. The molecule has 1 heterocycles. The Kier molecular flexibility index (Phi) is 3.84. The maximum Gasteiger partial charge on any atom is 0.417 e. The zero-order chi connectivity index (χ0) is 13.1. The third-order valence-electron chi connectivity index (χ3n) is 2.90. The maximum absolute atomic E-state index is 11.1. The van der Waals surface area contributed by atoms with Gasteiger partial charge in [0.05, 0.1) is 5.52 Å². The van der Waals surface area contributed by atoms with E-state index in [9.17, 15) is 4.79 Å². The van der Waals surface area contributed by atoms with Crippen LogP contribution in [0.25, 0.3) is 11.1 Å². The molecule has 1 unspecified atom stereocenters. The van der Waals surface area contributed by atoms with Crippen LogP contribution in [0.3, 0.4) is 0 Å². The van der Waals surface area contributed by atoms with Crippen molar-refractivity contribution in [3.8, 4) is 0 Å². The van der Waals surface area contributed by atoms with E-state index in [4.69, 9.17) is 10.2 Å². The minimum Gasteiger partial charge on any atom is -0.408 e. The molecule has 18 heavy (non-hydrogen) atoms. The van der Waals surface area contributed by atoms with Crippen LogP contribution in [0.5, 0.6) is 0 Å². The standard InChI is InChI=1S/C13H19N3O2/c1-9(14)5-6-16(2)8-10-3-4-12-11(7-10)15-13(17)18-12/h3-4,7,9H,5-6,8,14H2,1-2H3,(H,15,17). The van der Waals surface area contributed by atoms with Crippen molar-refractivity contribution < 1.29 is 4.42 Å². The Morgan fingerprint density at radius 2 is 2.28 bits per heavy atom. The van der Waals surface area contributed by atoms with Crippen molar-refractivity contribution in [2.24, 2.45) is 5.73 Å². The number of nitrogens with two attached hydrogens (primary N) is 1. The first-order chi connectivity index (χ1) is 8.54. The minimum absolute atomic E-state index is 0.222. The van der Waals surface area contributed by atoms with E-state index in [1.54, 1.807) is 0 Å². The van der Waals surface area contributed by atoms with E-state index >= 15 is 0 Å². The highest BCUT2D eigenvalue weighted by Crippen LogP contribution is 2.13. The number of oxazole rings is 1. The number of H-pyrrole nitrogens is 1. The number of fused-ring (bicyclic) bond motifs is 1. The van der Waals surface area contributed by atoms with Crippen molar-refractivity contribution in [1.29, 1.82) is 0 Å². The molecule has 98 valence electrons. The summed E-state index contributed by atoms with van der Waals surface area (Å²) < 4.78 is 4.97. The molecule has 1 aromatic heterocycles. The van der Waals surface area contributed by atoms with Gasteiger partial charge in [-0.25, -0.2) is 4.79 Å². The van der Waals surface area contributed by atoms with E-state index in [2.05, 4.69) is 16.9 Å². The van der Waals surface area contributed by atoms with Crippen LogP contribution < -0.4 is 11.5 Å². The molecule has 0 amide bonds. The fourth-order valence-electron chi connectivity index (χ4n) is 1.91. The van der Waals surface area contributed by atoms with Gasteiger partial charge in [-0.05, 0) is 44.6 Å². The van der Waals surface area contributed by atoms with E-state index in [1.807, 2.05) is 25.1 Å². The molecule has 0 aliphatic carbocycles. The molecular formula is C13H19N3O2. The molecule has 0 saturated carbocycles. The first-order valence-corrected chi connectivity index (χ1v) is 6.10. The maximum atomic E-state index is 11.1. The summed E-state index contributed by atoms with van der Waals surface area (Å²) in [6, 6.07) is 5.96. The predicted octanol–water partition coefficient (Wildman–Crippen LogP) is 1.29. The molecule has 1 atom stereocenters. The van der Waals surface area contributed by atoms with Gasteiger partial charge >= 0.3 is 5.76 Å². The van der Waals surface area contributed by atoms with Crippen molar-refractivity contribution in [3.05, 3.63) is 34.3 Å². The van der Waals surface area contributed by atoms with Crippen molar-refractivity contribution >= 4 is 11.1 Å². The van der Waals surface area contributed by atoms with Gasteiger partial charge < -0.3 is 15.1 Å². The summed E-state index contributed by atoms with van der Waals surface area (Å²) in [7, 11) is 2.06. The molecular weight excluding hydrogens is 230 g/mol. The highest BCUT2D eigenvalue weighted by atomic mass is 16.4. The molecule has 0 aliphatic rings. The molecule has 0 radical (unpaired) electrons. The van der Waals surface area contributed by atoms with Gasteiger partial charge in [-0.15, -0.1) is 0 Å². The van der Waals surface area contributed by atoms with Crippen LogP contribution >= 0.6 is 0 Å². The van der Waals surface area contributed by atoms with E-state index in [1.165, 1.54) is 0 Å². The Morgan fingerprint density at radius 3 is 3.00 bits per heavy atom. The van der Waals surface area contributed by atoms with Crippen molar-refractivity contribution in [2.75, 3.05) is 13.6 Å². The molecule has 5 nitrogen and oxygen atoms in total. The molecule has 0 fully saturated rings. The number of nitrogens with zero attached hydrogens (tertiary/aromatic N) is 1. The van der Waals surface area contributed by atoms with Crippen molar-refractivity contribution in [3.63, 3.8) is 0 Å². The van der Waals surface area contributed by atoms with E-state index in [0.29, 0.717) is 5.58 Å². The highest BCUT2D eigenvalue weighted by molar-refractivity contribution is 5.72. The highest BCUT2D eigenvalue weighted by Gasteiger charge is 2.05. The quantitative estimate of drug-likeness (QED) is 0.837. The normalized spacial score (nSPS) is 13.3. The molecule has 0 saturated heterocycles. The summed E-state index contributed by atoms with van der Waals surface area (Å²) in [5.41, 5.74) is 8.22. The monoisotopic (exact) mass is 249 g/mol. The fourth-order valence-corrected chi connectivity index (χ4v) is 1.91. The zero-order valence-corrected chi connectivity index (χ0v) is 10.8. The number of aromatic amines is 1. The Hall–Kier alpha value is -1.59. The SMILES string of the molecule is CC(N)CCN(C)Cc1ccc2oc(=O)[nH]c2c1. The lowest BCUT2D eigenvalue weighted by Crippen LogP contribution is -2.25.